The average Bonchev–Trinajstić information content (AvgIpc) is 3.34. The van der Waals surface area contributed by atoms with E-state index < -0.39 is 53.1 Å². The standard InChI is InChI=1S/C30H38FN5O7S/c1-16-23(44-15-33-16)17-5-6-18(22(9-17)43-20-13-35(14-20)28(41)42)11-32-25(38)21-10-19(37)12-36(21)26(39)24(29(2,3)4)34-27(40)30(31)7-8-30/h5-6,9,15,19-21,24,37H,7-8,10-14H2,1-4H3,(H,32,38)(H,34,40)(H,41,42)/t19-,21+,24-/m1/s1. The van der Waals surface area contributed by atoms with Gasteiger partial charge in [-0.3, -0.25) is 14.4 Å². The van der Waals surface area contributed by atoms with Crippen LogP contribution >= 0.6 is 11.3 Å². The third kappa shape index (κ3) is 6.65. The number of β-amino-alcohol motifs (C(OH)–C–C–N with tert-alkyl or cyclic N) is 1. The number of carbonyl (C=O) groups is 4. The largest absolute Gasteiger partial charge is 0.486 e. The Balaban J connectivity index is 1.31. The summed E-state index contributed by atoms with van der Waals surface area (Å²) >= 11 is 1.48. The first-order valence-electron chi connectivity index (χ1n) is 14.6. The molecule has 3 heterocycles. The molecule has 5 rings (SSSR count). The van der Waals surface area contributed by atoms with Crippen molar-refractivity contribution in [3.63, 3.8) is 0 Å². The highest BCUT2D eigenvalue weighted by Gasteiger charge is 2.53. The number of carbonyl (C=O) groups excluding carboxylic acids is 3. The number of ether oxygens (including phenoxy) is 1. The Kier molecular flexibility index (Phi) is 8.60. The number of aliphatic hydroxyl groups is 1. The highest BCUT2D eigenvalue weighted by molar-refractivity contribution is 7.13. The number of nitrogens with zero attached hydrogens (tertiary/aromatic N) is 3. The second-order valence-corrected chi connectivity index (χ2v) is 13.7. The van der Waals surface area contributed by atoms with Crippen LogP contribution in [0.1, 0.15) is 51.3 Å². The van der Waals surface area contributed by atoms with Crippen LogP contribution in [0.15, 0.2) is 23.7 Å². The molecule has 1 aliphatic carbocycles. The molecule has 12 nitrogen and oxygen atoms in total. The molecule has 238 valence electrons. The summed E-state index contributed by atoms with van der Waals surface area (Å²) < 4.78 is 20.6. The van der Waals surface area contributed by atoms with Crippen LogP contribution in [0.3, 0.4) is 0 Å². The van der Waals surface area contributed by atoms with Gasteiger partial charge in [-0.15, -0.1) is 11.3 Å². The maximum atomic E-state index is 14.4. The lowest BCUT2D eigenvalue weighted by molar-refractivity contribution is -0.145. The van der Waals surface area contributed by atoms with Gasteiger partial charge >= 0.3 is 6.09 Å². The molecule has 3 fully saturated rings. The van der Waals surface area contributed by atoms with Gasteiger partial charge in [0.2, 0.25) is 11.8 Å². The molecule has 0 unspecified atom stereocenters. The third-order valence-corrected chi connectivity index (χ3v) is 9.27. The molecule has 0 bridgehead atoms. The van der Waals surface area contributed by atoms with E-state index in [0.717, 1.165) is 16.1 Å². The molecule has 0 radical (unpaired) electrons. The zero-order valence-electron chi connectivity index (χ0n) is 25.1. The molecule has 0 spiro atoms. The maximum Gasteiger partial charge on any atom is 0.407 e. The minimum Gasteiger partial charge on any atom is -0.486 e. The van der Waals surface area contributed by atoms with E-state index in [2.05, 4.69) is 15.6 Å². The number of likely N-dealkylation sites (tertiary alicyclic amines) is 2. The summed E-state index contributed by atoms with van der Waals surface area (Å²) in [6.45, 7) is 7.51. The molecule has 1 saturated carbocycles. The number of hydrogen-bond donors (Lipinski definition) is 4. The summed E-state index contributed by atoms with van der Waals surface area (Å²) in [5, 5.41) is 25.1. The number of amides is 4. The zero-order valence-corrected chi connectivity index (χ0v) is 25.9. The number of alkyl halides is 1. The SMILES string of the molecule is Cc1ncsc1-c1ccc(CNC(=O)[C@@H]2C[C@@H](O)CN2C(=O)[C@@H](NC(=O)C2(F)CC2)C(C)(C)C)c(OC2CN(C(=O)O)C2)c1. The van der Waals surface area contributed by atoms with Gasteiger partial charge in [-0.1, -0.05) is 32.9 Å². The van der Waals surface area contributed by atoms with E-state index in [1.807, 2.05) is 25.1 Å². The fourth-order valence-corrected chi connectivity index (χ4v) is 6.20. The average molecular weight is 632 g/mol. The van der Waals surface area contributed by atoms with Gasteiger partial charge in [0.15, 0.2) is 5.67 Å². The number of carboxylic acid groups (broad SMARTS) is 1. The summed E-state index contributed by atoms with van der Waals surface area (Å²) in [4.78, 5) is 58.7. The molecule has 1 aromatic heterocycles. The minimum atomic E-state index is -1.97. The number of thiazole rings is 1. The van der Waals surface area contributed by atoms with E-state index in [9.17, 15) is 33.8 Å². The first-order valence-corrected chi connectivity index (χ1v) is 15.5. The van der Waals surface area contributed by atoms with Gasteiger partial charge < -0.3 is 35.4 Å². The molecule has 3 aliphatic rings. The van der Waals surface area contributed by atoms with Crippen LogP contribution in [0.25, 0.3) is 10.4 Å². The normalized spacial score (nSPS) is 21.8. The Labute approximate surface area is 258 Å². The lowest BCUT2D eigenvalue weighted by Gasteiger charge is -2.37. The van der Waals surface area contributed by atoms with Crippen molar-refractivity contribution < 1.29 is 38.5 Å². The number of benzene rings is 1. The fraction of sp³-hybridized carbons (Fsp3) is 0.567. The second-order valence-electron chi connectivity index (χ2n) is 12.9. The van der Waals surface area contributed by atoms with E-state index >= 15 is 0 Å². The number of aliphatic hydroxyl groups excluding tert-OH is 1. The number of nitrogens with one attached hydrogen (secondary N) is 2. The van der Waals surface area contributed by atoms with Gasteiger partial charge in [0.05, 0.1) is 35.3 Å². The van der Waals surface area contributed by atoms with Crippen LogP contribution in [-0.4, -0.2) is 98.4 Å². The van der Waals surface area contributed by atoms with Crippen molar-refractivity contribution in [3.05, 3.63) is 35.0 Å². The predicted octanol–water partition coefficient (Wildman–Crippen LogP) is 2.47. The molecule has 4 amide bonds. The van der Waals surface area contributed by atoms with E-state index in [0.29, 0.717) is 11.3 Å². The fourth-order valence-electron chi connectivity index (χ4n) is 5.40. The van der Waals surface area contributed by atoms with Crippen molar-refractivity contribution >= 4 is 35.2 Å². The quantitative estimate of drug-likeness (QED) is 0.328. The van der Waals surface area contributed by atoms with Gasteiger partial charge in [0.25, 0.3) is 5.91 Å². The highest BCUT2D eigenvalue weighted by atomic mass is 32.1. The molecule has 3 atom stereocenters. The van der Waals surface area contributed by atoms with Crippen LogP contribution in [0.2, 0.25) is 0 Å². The van der Waals surface area contributed by atoms with Crippen molar-refractivity contribution in [2.45, 2.75) is 83.5 Å². The van der Waals surface area contributed by atoms with E-state index in [1.54, 1.807) is 26.3 Å². The van der Waals surface area contributed by atoms with Gasteiger partial charge in [-0.05, 0) is 36.8 Å². The number of aryl methyl sites for hydroxylation is 1. The number of rotatable bonds is 9. The van der Waals surface area contributed by atoms with Crippen molar-refractivity contribution in [2.75, 3.05) is 19.6 Å². The van der Waals surface area contributed by atoms with E-state index in [-0.39, 0.29) is 51.5 Å². The summed E-state index contributed by atoms with van der Waals surface area (Å²) in [5.41, 5.74) is 1.37. The monoisotopic (exact) mass is 631 g/mol. The summed E-state index contributed by atoms with van der Waals surface area (Å²) in [5.74, 6) is -1.41. The van der Waals surface area contributed by atoms with Gasteiger partial charge in [0, 0.05) is 25.1 Å². The Morgan fingerprint density at radius 3 is 2.50 bits per heavy atom. The Hall–Kier alpha value is -3.78. The molecule has 4 N–H and O–H groups in total. The summed E-state index contributed by atoms with van der Waals surface area (Å²) in [7, 11) is 0. The Morgan fingerprint density at radius 2 is 1.91 bits per heavy atom. The molecule has 2 aromatic rings. The van der Waals surface area contributed by atoms with Gasteiger partial charge in [0.1, 0.15) is 23.9 Å². The molecule has 2 saturated heterocycles. The summed E-state index contributed by atoms with van der Waals surface area (Å²) in [6, 6.07) is 3.45. The minimum absolute atomic E-state index is 0.00940. The van der Waals surface area contributed by atoms with Crippen LogP contribution in [0, 0.1) is 12.3 Å². The predicted molar refractivity (Wildman–Crippen MR) is 159 cm³/mol. The van der Waals surface area contributed by atoms with Crippen LogP contribution in [-0.2, 0) is 20.9 Å². The molecule has 2 aliphatic heterocycles. The van der Waals surface area contributed by atoms with Crippen molar-refractivity contribution in [1.82, 2.24) is 25.4 Å². The van der Waals surface area contributed by atoms with Crippen molar-refractivity contribution in [2.24, 2.45) is 5.41 Å². The first kappa shape index (κ1) is 31.6. The third-order valence-electron chi connectivity index (χ3n) is 8.29. The number of aromatic nitrogens is 1. The first-order chi connectivity index (χ1) is 20.7. The van der Waals surface area contributed by atoms with Crippen molar-refractivity contribution in [1.29, 1.82) is 0 Å². The highest BCUT2D eigenvalue weighted by Crippen LogP contribution is 2.40. The molecule has 14 heteroatoms. The molecular formula is C30H38FN5O7S. The molecule has 44 heavy (non-hydrogen) atoms. The van der Waals surface area contributed by atoms with Gasteiger partial charge in [-0.25, -0.2) is 14.2 Å². The Bertz CT molecular complexity index is 1450. The van der Waals surface area contributed by atoms with Gasteiger partial charge in [-0.2, -0.15) is 0 Å². The van der Waals surface area contributed by atoms with Crippen molar-refractivity contribution in [3.8, 4) is 16.2 Å². The summed E-state index contributed by atoms with van der Waals surface area (Å²) in [6.07, 6.45) is -2.10. The van der Waals surface area contributed by atoms with E-state index in [4.69, 9.17) is 4.74 Å². The van der Waals surface area contributed by atoms with Crippen LogP contribution in [0.5, 0.6) is 5.75 Å². The van der Waals surface area contributed by atoms with E-state index in [1.165, 1.54) is 21.1 Å². The number of hydrogen-bond acceptors (Lipinski definition) is 8. The maximum absolute atomic E-state index is 14.4. The smallest absolute Gasteiger partial charge is 0.407 e. The van der Waals surface area contributed by atoms with Crippen LogP contribution < -0.4 is 15.4 Å². The molecular weight excluding hydrogens is 593 g/mol. The second kappa shape index (κ2) is 12.0. The van der Waals surface area contributed by atoms with Crippen LogP contribution in [0.4, 0.5) is 9.18 Å². The lowest BCUT2D eigenvalue weighted by Crippen LogP contribution is -2.59. The number of halogens is 1. The molecule has 1 aromatic carbocycles. The zero-order chi connectivity index (χ0) is 32.0. The topological polar surface area (TPSA) is 161 Å². The Morgan fingerprint density at radius 1 is 1.20 bits per heavy atom. The lowest BCUT2D eigenvalue weighted by atomic mass is 9.85.